The highest BCUT2D eigenvalue weighted by Crippen LogP contribution is 2.26. The van der Waals surface area contributed by atoms with Crippen LogP contribution in [0, 0.1) is 5.82 Å². The van der Waals surface area contributed by atoms with Gasteiger partial charge in [-0.25, -0.2) is 14.4 Å². The summed E-state index contributed by atoms with van der Waals surface area (Å²) in [6.45, 7) is 2.44. The molecule has 150 valence electrons. The smallest absolute Gasteiger partial charge is 0.159 e. The first kappa shape index (κ1) is 18.4. The molecule has 6 nitrogen and oxygen atoms in total. The Balaban J connectivity index is 1.33. The van der Waals surface area contributed by atoms with Crippen molar-refractivity contribution in [1.82, 2.24) is 25.1 Å². The molecule has 5 rings (SSSR count). The molecule has 2 aromatic carbocycles. The van der Waals surface area contributed by atoms with Crippen molar-refractivity contribution in [2.24, 2.45) is 0 Å². The van der Waals surface area contributed by atoms with Crippen LogP contribution in [-0.2, 0) is 19.5 Å². The molecular formula is C23H21FN6. The normalized spacial score (nSPS) is 13.9. The van der Waals surface area contributed by atoms with Crippen molar-refractivity contribution in [1.29, 1.82) is 0 Å². The summed E-state index contributed by atoms with van der Waals surface area (Å²) < 4.78 is 13.2. The number of H-pyrrole nitrogens is 1. The molecule has 0 atom stereocenters. The lowest BCUT2D eigenvalue weighted by atomic mass is 10.0. The Hall–Kier alpha value is -3.58. The Morgan fingerprint density at radius 2 is 1.77 bits per heavy atom. The van der Waals surface area contributed by atoms with Gasteiger partial charge in [-0.05, 0) is 48.5 Å². The molecular weight excluding hydrogens is 379 g/mol. The molecule has 0 radical (unpaired) electrons. The lowest BCUT2D eigenvalue weighted by Gasteiger charge is -2.28. The summed E-state index contributed by atoms with van der Waals surface area (Å²) in [6, 6.07) is 14.1. The fourth-order valence-electron chi connectivity index (χ4n) is 3.82. The van der Waals surface area contributed by atoms with Gasteiger partial charge in [-0.3, -0.25) is 10.00 Å². The molecule has 3 heterocycles. The Labute approximate surface area is 173 Å². The largest absolute Gasteiger partial charge is 0.399 e. The lowest BCUT2D eigenvalue weighted by Crippen LogP contribution is -2.31. The average Bonchev–Trinajstić information content (AvgIpc) is 3.22. The number of rotatable bonds is 4. The van der Waals surface area contributed by atoms with Gasteiger partial charge in [0, 0.05) is 60.2 Å². The van der Waals surface area contributed by atoms with E-state index >= 15 is 0 Å². The number of fused-ring (bicyclic) bond motifs is 1. The molecule has 0 bridgehead atoms. The molecule has 1 aliphatic heterocycles. The van der Waals surface area contributed by atoms with Gasteiger partial charge in [0.1, 0.15) is 5.82 Å². The second kappa shape index (κ2) is 7.68. The van der Waals surface area contributed by atoms with Gasteiger partial charge in [0.15, 0.2) is 5.82 Å². The van der Waals surface area contributed by atoms with E-state index in [4.69, 9.17) is 10.7 Å². The average molecular weight is 400 g/mol. The van der Waals surface area contributed by atoms with Crippen LogP contribution in [0.15, 0.2) is 60.9 Å². The van der Waals surface area contributed by atoms with Gasteiger partial charge >= 0.3 is 0 Å². The van der Waals surface area contributed by atoms with Gasteiger partial charge in [0.25, 0.3) is 0 Å². The third kappa shape index (κ3) is 3.67. The summed E-state index contributed by atoms with van der Waals surface area (Å²) in [5.74, 6) is 0.487. The van der Waals surface area contributed by atoms with E-state index in [-0.39, 0.29) is 5.82 Å². The highest BCUT2D eigenvalue weighted by Gasteiger charge is 2.20. The fourth-order valence-corrected chi connectivity index (χ4v) is 3.82. The maximum Gasteiger partial charge on any atom is 0.159 e. The van der Waals surface area contributed by atoms with Crippen molar-refractivity contribution in [2.75, 3.05) is 12.3 Å². The highest BCUT2D eigenvalue weighted by atomic mass is 19.1. The van der Waals surface area contributed by atoms with Crippen LogP contribution in [0.5, 0.6) is 0 Å². The van der Waals surface area contributed by atoms with E-state index in [2.05, 4.69) is 20.1 Å². The molecule has 7 heteroatoms. The lowest BCUT2D eigenvalue weighted by molar-refractivity contribution is 0.243. The van der Waals surface area contributed by atoms with Crippen molar-refractivity contribution in [3.05, 3.63) is 83.6 Å². The number of nitrogens with one attached hydrogen (secondary N) is 1. The summed E-state index contributed by atoms with van der Waals surface area (Å²) >= 11 is 0. The van der Waals surface area contributed by atoms with Crippen LogP contribution in [0.3, 0.4) is 0 Å². The van der Waals surface area contributed by atoms with E-state index in [9.17, 15) is 4.39 Å². The minimum absolute atomic E-state index is 0.245. The highest BCUT2D eigenvalue weighted by molar-refractivity contribution is 5.62. The molecule has 0 saturated carbocycles. The molecule has 0 aliphatic carbocycles. The topological polar surface area (TPSA) is 83.7 Å². The number of nitrogens with zero attached hydrogens (tertiary/aromatic N) is 4. The Kier molecular flexibility index (Phi) is 4.72. The van der Waals surface area contributed by atoms with Gasteiger partial charge < -0.3 is 5.73 Å². The summed E-state index contributed by atoms with van der Waals surface area (Å²) in [5, 5.41) is 7.25. The molecule has 0 spiro atoms. The molecule has 0 fully saturated rings. The third-order valence-corrected chi connectivity index (χ3v) is 5.43. The molecule has 4 aromatic rings. The molecule has 0 unspecified atom stereocenters. The van der Waals surface area contributed by atoms with Crippen LogP contribution >= 0.6 is 0 Å². The number of hydrogen-bond donors (Lipinski definition) is 2. The quantitative estimate of drug-likeness (QED) is 0.509. The number of hydrogen-bond acceptors (Lipinski definition) is 5. The number of benzene rings is 2. The van der Waals surface area contributed by atoms with Gasteiger partial charge in [-0.2, -0.15) is 5.10 Å². The van der Waals surface area contributed by atoms with E-state index in [1.165, 1.54) is 12.1 Å². The maximum atomic E-state index is 13.2. The van der Waals surface area contributed by atoms with Crippen LogP contribution in [0.25, 0.3) is 22.6 Å². The SMILES string of the molecule is Nc1ccc(-c2ncc3c(n2)CCN(Cc2cn[nH]c2-c2ccc(F)cc2)C3)cc1. The zero-order valence-electron chi connectivity index (χ0n) is 16.3. The molecule has 30 heavy (non-hydrogen) atoms. The first-order chi connectivity index (χ1) is 14.7. The van der Waals surface area contributed by atoms with E-state index < -0.39 is 0 Å². The van der Waals surface area contributed by atoms with E-state index in [0.29, 0.717) is 0 Å². The van der Waals surface area contributed by atoms with Crippen LogP contribution in [0.2, 0.25) is 0 Å². The zero-order chi connectivity index (χ0) is 20.5. The van der Waals surface area contributed by atoms with Crippen molar-refractivity contribution >= 4 is 5.69 Å². The number of nitrogen functional groups attached to an aromatic ring is 1. The van der Waals surface area contributed by atoms with Gasteiger partial charge in [0.05, 0.1) is 17.6 Å². The third-order valence-electron chi connectivity index (χ3n) is 5.43. The molecule has 0 amide bonds. The first-order valence-electron chi connectivity index (χ1n) is 9.87. The summed E-state index contributed by atoms with van der Waals surface area (Å²) in [4.78, 5) is 11.7. The summed E-state index contributed by atoms with van der Waals surface area (Å²) in [6.07, 6.45) is 4.63. The van der Waals surface area contributed by atoms with Crippen molar-refractivity contribution in [3.63, 3.8) is 0 Å². The minimum Gasteiger partial charge on any atom is -0.399 e. The Morgan fingerprint density at radius 3 is 2.57 bits per heavy atom. The van der Waals surface area contributed by atoms with Crippen molar-refractivity contribution in [2.45, 2.75) is 19.5 Å². The monoisotopic (exact) mass is 400 g/mol. The molecule has 1 aliphatic rings. The number of nitrogens with two attached hydrogens (primary N) is 1. The fraction of sp³-hybridized carbons (Fsp3) is 0.174. The predicted molar refractivity (Wildman–Crippen MR) is 114 cm³/mol. The van der Waals surface area contributed by atoms with Crippen LogP contribution in [0.4, 0.5) is 10.1 Å². The van der Waals surface area contributed by atoms with Gasteiger partial charge in [-0.15, -0.1) is 0 Å². The van der Waals surface area contributed by atoms with E-state index in [1.54, 1.807) is 12.1 Å². The number of anilines is 1. The minimum atomic E-state index is -0.245. The van der Waals surface area contributed by atoms with Crippen LogP contribution in [-0.4, -0.2) is 31.6 Å². The number of aromatic amines is 1. The summed E-state index contributed by atoms with van der Waals surface area (Å²) in [5.41, 5.74) is 12.7. The van der Waals surface area contributed by atoms with Crippen molar-refractivity contribution in [3.8, 4) is 22.6 Å². The zero-order valence-corrected chi connectivity index (χ0v) is 16.3. The first-order valence-corrected chi connectivity index (χ1v) is 9.87. The molecule has 0 saturated heterocycles. The van der Waals surface area contributed by atoms with Gasteiger partial charge in [0.2, 0.25) is 0 Å². The summed E-state index contributed by atoms with van der Waals surface area (Å²) in [7, 11) is 0. The second-order valence-corrected chi connectivity index (χ2v) is 7.53. The standard InChI is InChI=1S/C23H21FN6/c24-19-5-1-15(2-6-19)22-18(12-27-29-22)14-30-10-9-21-17(13-30)11-26-23(28-21)16-3-7-20(25)8-4-16/h1-8,11-12H,9-10,13-14,25H2,(H,27,29). The van der Waals surface area contributed by atoms with E-state index in [0.717, 1.165) is 71.2 Å². The van der Waals surface area contributed by atoms with Crippen LogP contribution in [0.1, 0.15) is 16.8 Å². The predicted octanol–water partition coefficient (Wildman–Crippen LogP) is 3.81. The maximum absolute atomic E-state index is 13.2. The number of aromatic nitrogens is 4. The van der Waals surface area contributed by atoms with Gasteiger partial charge in [-0.1, -0.05) is 0 Å². The number of halogens is 1. The Bertz CT molecular complexity index is 1170. The van der Waals surface area contributed by atoms with Crippen molar-refractivity contribution < 1.29 is 4.39 Å². The second-order valence-electron chi connectivity index (χ2n) is 7.53. The Morgan fingerprint density at radius 1 is 1.00 bits per heavy atom. The molecule has 2 aromatic heterocycles. The molecule has 3 N–H and O–H groups in total. The van der Waals surface area contributed by atoms with E-state index in [1.807, 2.05) is 36.7 Å². The van der Waals surface area contributed by atoms with Crippen LogP contribution < -0.4 is 5.73 Å².